The molecule has 3 nitrogen and oxygen atoms in total. The molecule has 0 aromatic carbocycles. The van der Waals surface area contributed by atoms with Crippen LogP contribution in [0.3, 0.4) is 0 Å². The Kier molecular flexibility index (Phi) is 3.13. The molecule has 2 aliphatic rings. The van der Waals surface area contributed by atoms with Gasteiger partial charge in [0.1, 0.15) is 0 Å². The summed E-state index contributed by atoms with van der Waals surface area (Å²) in [7, 11) is 0. The lowest BCUT2D eigenvalue weighted by Crippen LogP contribution is -2.54. The fraction of sp³-hybridized carbons (Fsp3) is 0.923. The van der Waals surface area contributed by atoms with E-state index in [4.69, 9.17) is 5.73 Å². The van der Waals surface area contributed by atoms with E-state index >= 15 is 0 Å². The van der Waals surface area contributed by atoms with Crippen molar-refractivity contribution in [3.63, 3.8) is 0 Å². The maximum absolute atomic E-state index is 6.07. The van der Waals surface area contributed by atoms with Gasteiger partial charge in [-0.3, -0.25) is 4.99 Å². The van der Waals surface area contributed by atoms with Crippen LogP contribution in [0.25, 0.3) is 0 Å². The summed E-state index contributed by atoms with van der Waals surface area (Å²) in [6.07, 6.45) is 5.24. The number of hydrogen-bond donors (Lipinski definition) is 1. The molecule has 1 aliphatic carbocycles. The first-order valence-corrected chi connectivity index (χ1v) is 6.67. The van der Waals surface area contributed by atoms with Crippen LogP contribution >= 0.6 is 0 Å². The van der Waals surface area contributed by atoms with E-state index in [1.165, 1.54) is 25.7 Å². The molecule has 2 unspecified atom stereocenters. The fourth-order valence-corrected chi connectivity index (χ4v) is 3.53. The lowest BCUT2D eigenvalue weighted by Gasteiger charge is -2.41. The molecular weight excluding hydrogens is 198 g/mol. The molecule has 3 heteroatoms. The van der Waals surface area contributed by atoms with E-state index in [0.29, 0.717) is 5.92 Å². The molecular formula is C13H25N3. The Morgan fingerprint density at radius 1 is 1.56 bits per heavy atom. The van der Waals surface area contributed by atoms with Gasteiger partial charge in [0.15, 0.2) is 5.96 Å². The lowest BCUT2D eigenvalue weighted by molar-refractivity contribution is 0.131. The summed E-state index contributed by atoms with van der Waals surface area (Å²) < 4.78 is 0. The molecule has 0 saturated heterocycles. The molecule has 1 aliphatic heterocycles. The normalized spacial score (nSPS) is 34.1. The van der Waals surface area contributed by atoms with Gasteiger partial charge >= 0.3 is 0 Å². The molecule has 0 radical (unpaired) electrons. The van der Waals surface area contributed by atoms with Crippen molar-refractivity contribution in [2.45, 2.75) is 52.0 Å². The summed E-state index contributed by atoms with van der Waals surface area (Å²) in [5.74, 6) is 2.23. The van der Waals surface area contributed by atoms with Crippen molar-refractivity contribution < 1.29 is 0 Å². The Bertz CT molecular complexity index is 285. The smallest absolute Gasteiger partial charge is 0.191 e. The van der Waals surface area contributed by atoms with E-state index in [2.05, 4.69) is 30.7 Å². The minimum Gasteiger partial charge on any atom is -0.370 e. The van der Waals surface area contributed by atoms with Crippen LogP contribution in [0, 0.1) is 11.8 Å². The topological polar surface area (TPSA) is 41.6 Å². The molecule has 2 atom stereocenters. The first kappa shape index (κ1) is 11.7. The van der Waals surface area contributed by atoms with E-state index < -0.39 is 0 Å². The summed E-state index contributed by atoms with van der Waals surface area (Å²) in [5, 5.41) is 0. The number of nitrogens with zero attached hydrogens (tertiary/aromatic N) is 2. The highest BCUT2D eigenvalue weighted by Gasteiger charge is 2.49. The van der Waals surface area contributed by atoms with Gasteiger partial charge in [-0.05, 0) is 24.7 Å². The second kappa shape index (κ2) is 4.27. The predicted octanol–water partition coefficient (Wildman–Crippen LogP) is 2.22. The maximum Gasteiger partial charge on any atom is 0.191 e. The largest absolute Gasteiger partial charge is 0.370 e. The van der Waals surface area contributed by atoms with Gasteiger partial charge in [-0.25, -0.2) is 0 Å². The lowest BCUT2D eigenvalue weighted by atomic mass is 9.84. The second-order valence-electron chi connectivity index (χ2n) is 5.78. The zero-order chi connectivity index (χ0) is 11.8. The van der Waals surface area contributed by atoms with E-state index in [0.717, 1.165) is 25.0 Å². The molecule has 1 heterocycles. The van der Waals surface area contributed by atoms with Gasteiger partial charge in [0.25, 0.3) is 0 Å². The number of nitrogens with two attached hydrogens (primary N) is 1. The number of aliphatic imine (C=N–C) groups is 1. The highest BCUT2D eigenvalue weighted by atomic mass is 15.4. The summed E-state index contributed by atoms with van der Waals surface area (Å²) in [6.45, 7) is 8.82. The molecule has 92 valence electrons. The van der Waals surface area contributed by atoms with Crippen molar-refractivity contribution in [1.82, 2.24) is 4.90 Å². The van der Waals surface area contributed by atoms with Crippen molar-refractivity contribution in [2.24, 2.45) is 22.6 Å². The highest BCUT2D eigenvalue weighted by molar-refractivity contribution is 5.81. The van der Waals surface area contributed by atoms with Crippen LogP contribution in [-0.4, -0.2) is 29.5 Å². The third kappa shape index (κ3) is 1.70. The standard InChI is InChI=1S/C13H25N3/c1-4-11-6-5-7-13(11)9-15-12(14)16(13)8-10(2)3/h10-11H,4-9H2,1-3H3,(H2,14,15). The minimum atomic E-state index is 0.281. The Morgan fingerprint density at radius 2 is 2.31 bits per heavy atom. The minimum absolute atomic E-state index is 0.281. The molecule has 1 fully saturated rings. The first-order chi connectivity index (χ1) is 7.60. The van der Waals surface area contributed by atoms with Gasteiger partial charge in [0.2, 0.25) is 0 Å². The number of guanidine groups is 1. The number of hydrogen-bond acceptors (Lipinski definition) is 3. The molecule has 1 saturated carbocycles. The van der Waals surface area contributed by atoms with Gasteiger partial charge in [-0.2, -0.15) is 0 Å². The van der Waals surface area contributed by atoms with Gasteiger partial charge in [-0.1, -0.05) is 33.6 Å². The summed E-state index contributed by atoms with van der Waals surface area (Å²) in [5.41, 5.74) is 6.36. The van der Waals surface area contributed by atoms with E-state index in [1.807, 2.05) is 0 Å². The first-order valence-electron chi connectivity index (χ1n) is 6.67. The monoisotopic (exact) mass is 223 g/mol. The highest BCUT2D eigenvalue weighted by Crippen LogP contribution is 2.44. The van der Waals surface area contributed by atoms with Crippen molar-refractivity contribution in [3.05, 3.63) is 0 Å². The third-order valence-corrected chi connectivity index (χ3v) is 4.29. The molecule has 0 bridgehead atoms. The Morgan fingerprint density at radius 3 is 2.94 bits per heavy atom. The van der Waals surface area contributed by atoms with Crippen molar-refractivity contribution in [1.29, 1.82) is 0 Å². The molecule has 0 amide bonds. The van der Waals surface area contributed by atoms with Crippen LogP contribution in [0.2, 0.25) is 0 Å². The average Bonchev–Trinajstić information content (AvgIpc) is 2.77. The zero-order valence-electron chi connectivity index (χ0n) is 10.9. The zero-order valence-corrected chi connectivity index (χ0v) is 10.9. The molecule has 2 rings (SSSR count). The van der Waals surface area contributed by atoms with E-state index in [9.17, 15) is 0 Å². The Labute approximate surface area is 99.1 Å². The Balaban J connectivity index is 2.20. The SMILES string of the molecule is CCC1CCCC12CN=C(N)N2CC(C)C. The molecule has 16 heavy (non-hydrogen) atoms. The van der Waals surface area contributed by atoms with Crippen LogP contribution in [0.1, 0.15) is 46.5 Å². The van der Waals surface area contributed by atoms with Crippen LogP contribution in [0.15, 0.2) is 4.99 Å². The Hall–Kier alpha value is -0.730. The third-order valence-electron chi connectivity index (χ3n) is 4.29. The van der Waals surface area contributed by atoms with Gasteiger partial charge in [0.05, 0.1) is 12.1 Å². The van der Waals surface area contributed by atoms with Crippen LogP contribution in [0.4, 0.5) is 0 Å². The van der Waals surface area contributed by atoms with Gasteiger partial charge in [-0.15, -0.1) is 0 Å². The van der Waals surface area contributed by atoms with Crippen LogP contribution in [0.5, 0.6) is 0 Å². The predicted molar refractivity (Wildman–Crippen MR) is 68.4 cm³/mol. The van der Waals surface area contributed by atoms with Crippen molar-refractivity contribution >= 4 is 5.96 Å². The average molecular weight is 223 g/mol. The van der Waals surface area contributed by atoms with Crippen LogP contribution in [-0.2, 0) is 0 Å². The molecule has 0 aromatic heterocycles. The van der Waals surface area contributed by atoms with Crippen molar-refractivity contribution in [2.75, 3.05) is 13.1 Å². The van der Waals surface area contributed by atoms with Crippen molar-refractivity contribution in [3.8, 4) is 0 Å². The summed E-state index contributed by atoms with van der Waals surface area (Å²) in [6, 6.07) is 0. The molecule has 0 aromatic rings. The van der Waals surface area contributed by atoms with Gasteiger partial charge < -0.3 is 10.6 Å². The van der Waals surface area contributed by atoms with Gasteiger partial charge in [0, 0.05) is 6.54 Å². The second-order valence-corrected chi connectivity index (χ2v) is 5.78. The summed E-state index contributed by atoms with van der Waals surface area (Å²) >= 11 is 0. The molecule has 2 N–H and O–H groups in total. The summed E-state index contributed by atoms with van der Waals surface area (Å²) in [4.78, 5) is 6.94. The van der Waals surface area contributed by atoms with Crippen LogP contribution < -0.4 is 5.73 Å². The quantitative estimate of drug-likeness (QED) is 0.797. The van der Waals surface area contributed by atoms with E-state index in [1.54, 1.807) is 0 Å². The van der Waals surface area contributed by atoms with E-state index in [-0.39, 0.29) is 5.54 Å². The maximum atomic E-state index is 6.07. The number of rotatable bonds is 3. The molecule has 1 spiro atoms. The fourth-order valence-electron chi connectivity index (χ4n) is 3.53.